The number of nitrogens with zero attached hydrogens (tertiary/aromatic N) is 5. The normalized spacial score (nSPS) is 15.2. The van der Waals surface area contributed by atoms with Gasteiger partial charge in [-0.05, 0) is 32.3 Å². The van der Waals surface area contributed by atoms with Gasteiger partial charge in [0.05, 0.1) is 0 Å². The molecule has 1 aliphatic heterocycles. The van der Waals surface area contributed by atoms with E-state index in [0.717, 1.165) is 77.0 Å². The molecule has 0 unspecified atom stereocenters. The van der Waals surface area contributed by atoms with Gasteiger partial charge in [0, 0.05) is 64.8 Å². The molecule has 7 heteroatoms. The summed E-state index contributed by atoms with van der Waals surface area (Å²) in [4.78, 5) is 14.1. The minimum absolute atomic E-state index is 0. The Kier molecular flexibility index (Phi) is 10.5. The lowest BCUT2D eigenvalue weighted by Crippen LogP contribution is -2.52. The van der Waals surface area contributed by atoms with Gasteiger partial charge in [0.15, 0.2) is 5.96 Å². The minimum Gasteiger partial charge on any atom is -0.357 e. The van der Waals surface area contributed by atoms with Crippen molar-refractivity contribution in [3.05, 3.63) is 54.1 Å². The van der Waals surface area contributed by atoms with Crippen molar-refractivity contribution < 1.29 is 0 Å². The third-order valence-electron chi connectivity index (χ3n) is 5.25. The quantitative estimate of drug-likeness (QED) is 0.256. The molecule has 160 valence electrons. The Hall–Kier alpha value is -1.61. The summed E-state index contributed by atoms with van der Waals surface area (Å²) in [5.41, 5.74) is 1.39. The van der Waals surface area contributed by atoms with Crippen LogP contribution in [0.5, 0.6) is 0 Å². The fourth-order valence-corrected chi connectivity index (χ4v) is 3.60. The second-order valence-electron chi connectivity index (χ2n) is 7.36. The maximum atomic E-state index is 4.88. The van der Waals surface area contributed by atoms with Gasteiger partial charge in [-0.3, -0.25) is 9.89 Å². The van der Waals surface area contributed by atoms with Crippen LogP contribution in [0, 0.1) is 6.92 Å². The van der Waals surface area contributed by atoms with E-state index in [2.05, 4.69) is 75.0 Å². The van der Waals surface area contributed by atoms with Crippen molar-refractivity contribution in [1.82, 2.24) is 24.7 Å². The summed E-state index contributed by atoms with van der Waals surface area (Å²) in [5, 5.41) is 3.47. The van der Waals surface area contributed by atoms with E-state index >= 15 is 0 Å². The molecule has 2 aromatic rings. The summed E-state index contributed by atoms with van der Waals surface area (Å²) in [6.45, 7) is 12.3. The number of aromatic nitrogens is 2. The van der Waals surface area contributed by atoms with Gasteiger partial charge >= 0.3 is 0 Å². The van der Waals surface area contributed by atoms with Gasteiger partial charge in [-0.15, -0.1) is 24.0 Å². The van der Waals surface area contributed by atoms with Gasteiger partial charge < -0.3 is 14.8 Å². The number of aliphatic imine (C=N–C) groups is 1. The molecule has 0 aliphatic carbocycles. The van der Waals surface area contributed by atoms with Gasteiger partial charge in [0.25, 0.3) is 0 Å². The van der Waals surface area contributed by atoms with E-state index < -0.39 is 0 Å². The summed E-state index contributed by atoms with van der Waals surface area (Å²) in [6.07, 6.45) is 6.15. The van der Waals surface area contributed by atoms with Crippen LogP contribution in [0.3, 0.4) is 0 Å². The lowest BCUT2D eigenvalue weighted by atomic mass is 10.2. The molecule has 1 aromatic carbocycles. The van der Waals surface area contributed by atoms with Gasteiger partial charge in [-0.25, -0.2) is 4.98 Å². The van der Waals surface area contributed by atoms with Crippen LogP contribution in [0.2, 0.25) is 0 Å². The van der Waals surface area contributed by atoms with E-state index in [1.807, 2.05) is 6.20 Å². The zero-order chi connectivity index (χ0) is 19.6. The number of unbranched alkanes of at least 4 members (excludes halogenated alkanes) is 1. The molecule has 3 rings (SSSR count). The molecule has 0 bridgehead atoms. The highest BCUT2D eigenvalue weighted by Gasteiger charge is 2.19. The molecule has 1 aliphatic rings. The minimum atomic E-state index is 0. The van der Waals surface area contributed by atoms with Crippen LogP contribution in [-0.2, 0) is 13.1 Å². The standard InChI is InChI=1S/C22H34N6.HI/c1-3-23-22(25-11-7-8-13-27-14-12-24-20(27)2)28-17-15-26(16-18-28)19-21-9-5-4-6-10-21;/h4-6,9-10,12,14H,3,7-8,11,13,15-19H2,1-2H3,(H,23,25);1H. The Morgan fingerprint density at radius 3 is 2.52 bits per heavy atom. The predicted molar refractivity (Wildman–Crippen MR) is 131 cm³/mol. The van der Waals surface area contributed by atoms with Crippen molar-refractivity contribution in [3.8, 4) is 0 Å². The molecule has 0 spiro atoms. The maximum Gasteiger partial charge on any atom is 0.194 e. The zero-order valence-electron chi connectivity index (χ0n) is 17.8. The monoisotopic (exact) mass is 510 g/mol. The summed E-state index contributed by atoms with van der Waals surface area (Å²) in [6, 6.07) is 10.7. The number of nitrogens with one attached hydrogen (secondary N) is 1. The van der Waals surface area contributed by atoms with Crippen molar-refractivity contribution >= 4 is 29.9 Å². The predicted octanol–water partition coefficient (Wildman–Crippen LogP) is 3.37. The number of guanidine groups is 1. The first-order valence-electron chi connectivity index (χ1n) is 10.5. The molecular formula is C22H35IN6. The van der Waals surface area contributed by atoms with Gasteiger partial charge in [0.2, 0.25) is 0 Å². The van der Waals surface area contributed by atoms with Crippen molar-refractivity contribution in [3.63, 3.8) is 0 Å². The first-order chi connectivity index (χ1) is 13.8. The number of halogens is 1. The van der Waals surface area contributed by atoms with Crippen LogP contribution in [0.1, 0.15) is 31.2 Å². The van der Waals surface area contributed by atoms with Gasteiger partial charge in [-0.2, -0.15) is 0 Å². The largest absolute Gasteiger partial charge is 0.357 e. The average molecular weight is 510 g/mol. The molecule has 1 saturated heterocycles. The molecule has 0 radical (unpaired) electrons. The number of hydrogen-bond donors (Lipinski definition) is 1. The molecule has 1 N–H and O–H groups in total. The van der Waals surface area contributed by atoms with Crippen LogP contribution in [0.25, 0.3) is 0 Å². The molecule has 1 fully saturated rings. The smallest absolute Gasteiger partial charge is 0.194 e. The highest BCUT2D eigenvalue weighted by molar-refractivity contribution is 14.0. The Balaban J connectivity index is 0.00000300. The van der Waals surface area contributed by atoms with E-state index in [1.54, 1.807) is 0 Å². The van der Waals surface area contributed by atoms with E-state index in [1.165, 1.54) is 5.56 Å². The summed E-state index contributed by atoms with van der Waals surface area (Å²) in [7, 11) is 0. The maximum absolute atomic E-state index is 4.88. The van der Waals surface area contributed by atoms with Crippen LogP contribution >= 0.6 is 24.0 Å². The Morgan fingerprint density at radius 2 is 1.86 bits per heavy atom. The Labute approximate surface area is 192 Å². The van der Waals surface area contributed by atoms with Gasteiger partial charge in [0.1, 0.15) is 5.82 Å². The molecule has 0 saturated carbocycles. The third-order valence-corrected chi connectivity index (χ3v) is 5.25. The number of hydrogen-bond acceptors (Lipinski definition) is 3. The zero-order valence-corrected chi connectivity index (χ0v) is 20.1. The van der Waals surface area contributed by atoms with Crippen LogP contribution in [0.15, 0.2) is 47.7 Å². The Morgan fingerprint density at radius 1 is 1.10 bits per heavy atom. The van der Waals surface area contributed by atoms with Crippen LogP contribution in [-0.4, -0.2) is 64.6 Å². The van der Waals surface area contributed by atoms with E-state index in [0.29, 0.717) is 0 Å². The number of aryl methyl sites for hydroxylation is 2. The second kappa shape index (κ2) is 12.8. The van der Waals surface area contributed by atoms with Crippen molar-refractivity contribution in [2.45, 2.75) is 39.8 Å². The fourth-order valence-electron chi connectivity index (χ4n) is 3.60. The first-order valence-corrected chi connectivity index (χ1v) is 10.5. The highest BCUT2D eigenvalue weighted by Crippen LogP contribution is 2.09. The number of imidazole rings is 1. The van der Waals surface area contributed by atoms with Crippen LogP contribution < -0.4 is 5.32 Å². The summed E-state index contributed by atoms with van der Waals surface area (Å²) < 4.78 is 2.21. The topological polar surface area (TPSA) is 48.7 Å². The van der Waals surface area contributed by atoms with Gasteiger partial charge in [-0.1, -0.05) is 30.3 Å². The fraction of sp³-hybridized carbons (Fsp3) is 0.545. The second-order valence-corrected chi connectivity index (χ2v) is 7.36. The molecule has 0 atom stereocenters. The third kappa shape index (κ3) is 7.62. The van der Waals surface area contributed by atoms with Crippen molar-refractivity contribution in [1.29, 1.82) is 0 Å². The SMILES string of the molecule is CCNC(=NCCCCn1ccnc1C)N1CCN(Cc2ccccc2)CC1.I. The number of rotatable bonds is 8. The Bertz CT molecular complexity index is 722. The molecule has 6 nitrogen and oxygen atoms in total. The molecule has 1 aromatic heterocycles. The number of piperazine rings is 1. The molecule has 0 amide bonds. The van der Waals surface area contributed by atoms with Crippen molar-refractivity contribution in [2.24, 2.45) is 4.99 Å². The van der Waals surface area contributed by atoms with Crippen LogP contribution in [0.4, 0.5) is 0 Å². The lowest BCUT2D eigenvalue weighted by Gasteiger charge is -2.36. The first kappa shape index (κ1) is 23.7. The molecular weight excluding hydrogens is 475 g/mol. The van der Waals surface area contributed by atoms with Crippen molar-refractivity contribution in [2.75, 3.05) is 39.3 Å². The van der Waals surface area contributed by atoms with E-state index in [9.17, 15) is 0 Å². The lowest BCUT2D eigenvalue weighted by molar-refractivity contribution is 0.172. The highest BCUT2D eigenvalue weighted by atomic mass is 127. The summed E-state index contributed by atoms with van der Waals surface area (Å²) >= 11 is 0. The average Bonchev–Trinajstić information content (AvgIpc) is 3.13. The summed E-state index contributed by atoms with van der Waals surface area (Å²) in [5.74, 6) is 2.16. The van der Waals surface area contributed by atoms with E-state index in [-0.39, 0.29) is 24.0 Å². The van der Waals surface area contributed by atoms with E-state index in [4.69, 9.17) is 4.99 Å². The number of benzene rings is 1. The molecule has 29 heavy (non-hydrogen) atoms. The molecule has 2 heterocycles.